The number of fused-ring (bicyclic) bond motifs is 1. The van der Waals surface area contributed by atoms with Crippen LogP contribution in [0.5, 0.6) is 0 Å². The van der Waals surface area contributed by atoms with Crippen LogP contribution >= 0.6 is 11.3 Å². The molecule has 7 nitrogen and oxygen atoms in total. The maximum atomic E-state index is 12.4. The third-order valence-corrected chi connectivity index (χ3v) is 4.94. The van der Waals surface area contributed by atoms with E-state index in [4.69, 9.17) is 0 Å². The molecule has 1 aliphatic rings. The molecular weight excluding hydrogens is 340 g/mol. The molecule has 0 atom stereocenters. The fourth-order valence-corrected chi connectivity index (χ4v) is 3.24. The highest BCUT2D eigenvalue weighted by Gasteiger charge is 2.35. The lowest BCUT2D eigenvalue weighted by molar-refractivity contribution is 0.0652. The molecule has 3 amide bonds. The first-order valence-corrected chi connectivity index (χ1v) is 9.00. The van der Waals surface area contributed by atoms with Gasteiger partial charge >= 0.3 is 0 Å². The van der Waals surface area contributed by atoms with Crippen molar-refractivity contribution >= 4 is 34.2 Å². The van der Waals surface area contributed by atoms with Gasteiger partial charge in [-0.3, -0.25) is 24.6 Å². The normalized spacial score (nSPS) is 13.3. The molecule has 0 radical (unpaired) electrons. The Kier molecular flexibility index (Phi) is 4.89. The van der Waals surface area contributed by atoms with Crippen LogP contribution in [0.4, 0.5) is 5.13 Å². The maximum absolute atomic E-state index is 12.4. The minimum Gasteiger partial charge on any atom is -0.296 e. The van der Waals surface area contributed by atoms with Gasteiger partial charge in [-0.1, -0.05) is 31.6 Å². The number of carbonyl (C=O) groups is 3. The lowest BCUT2D eigenvalue weighted by Crippen LogP contribution is -2.30. The van der Waals surface area contributed by atoms with Crippen molar-refractivity contribution in [3.05, 3.63) is 39.9 Å². The summed E-state index contributed by atoms with van der Waals surface area (Å²) in [4.78, 5) is 38.4. The van der Waals surface area contributed by atoms with Crippen molar-refractivity contribution in [2.75, 3.05) is 11.9 Å². The van der Waals surface area contributed by atoms with E-state index in [0.717, 1.165) is 24.3 Å². The van der Waals surface area contributed by atoms with Gasteiger partial charge in [-0.2, -0.15) is 0 Å². The van der Waals surface area contributed by atoms with Gasteiger partial charge < -0.3 is 0 Å². The second-order valence-electron chi connectivity index (χ2n) is 5.68. The number of amides is 3. The Labute approximate surface area is 149 Å². The molecule has 0 saturated heterocycles. The zero-order chi connectivity index (χ0) is 18.0. The maximum Gasteiger partial charge on any atom is 0.261 e. The van der Waals surface area contributed by atoms with Gasteiger partial charge in [0.15, 0.2) is 0 Å². The van der Waals surface area contributed by atoms with Gasteiger partial charge in [-0.25, -0.2) is 0 Å². The fraction of sp³-hybridized carbons (Fsp3) is 0.353. The minimum absolute atomic E-state index is 0.278. The number of benzene rings is 1. The molecule has 1 aromatic carbocycles. The average Bonchev–Trinajstić information content (AvgIpc) is 3.16. The molecule has 0 fully saturated rings. The average molecular weight is 358 g/mol. The van der Waals surface area contributed by atoms with Crippen LogP contribution in [0.3, 0.4) is 0 Å². The number of unbranched alkanes of at least 4 members (excludes halogenated alkanes) is 1. The van der Waals surface area contributed by atoms with E-state index < -0.39 is 0 Å². The lowest BCUT2D eigenvalue weighted by Gasteiger charge is -2.12. The van der Waals surface area contributed by atoms with E-state index in [0.29, 0.717) is 22.8 Å². The van der Waals surface area contributed by atoms with Crippen LogP contribution in [0.25, 0.3) is 0 Å². The third kappa shape index (κ3) is 3.30. The zero-order valence-corrected chi connectivity index (χ0v) is 14.9. The number of nitrogens with zero attached hydrogens (tertiary/aromatic N) is 3. The number of rotatable bonds is 6. The Bertz CT molecular complexity index is 846. The van der Waals surface area contributed by atoms with Crippen LogP contribution in [-0.4, -0.2) is 39.4 Å². The van der Waals surface area contributed by atoms with Crippen LogP contribution in [0.1, 0.15) is 62.8 Å². The van der Waals surface area contributed by atoms with Crippen molar-refractivity contribution in [3.63, 3.8) is 0 Å². The standard InChI is InChI=1S/C17H18N4O3S/c1-3-5-8-21-15(23)11-7-6-10(9-12(11)16(21)24)14(22)18-17-20-19-13(4-2)25-17/h6-7,9H,3-5,8H2,1-2H3,(H,18,20,22). The molecule has 130 valence electrons. The van der Waals surface area contributed by atoms with E-state index in [9.17, 15) is 14.4 Å². The van der Waals surface area contributed by atoms with Gasteiger partial charge in [0, 0.05) is 12.1 Å². The molecule has 3 rings (SSSR count). The Morgan fingerprint density at radius 2 is 1.92 bits per heavy atom. The van der Waals surface area contributed by atoms with E-state index in [2.05, 4.69) is 15.5 Å². The fourth-order valence-electron chi connectivity index (χ4n) is 2.57. The molecule has 0 saturated carbocycles. The molecule has 1 aliphatic heterocycles. The highest BCUT2D eigenvalue weighted by molar-refractivity contribution is 7.15. The summed E-state index contributed by atoms with van der Waals surface area (Å²) in [7, 11) is 0. The molecule has 2 aromatic rings. The first-order valence-electron chi connectivity index (χ1n) is 8.19. The van der Waals surface area contributed by atoms with Gasteiger partial charge in [0.2, 0.25) is 5.13 Å². The summed E-state index contributed by atoms with van der Waals surface area (Å²) in [6.45, 7) is 4.35. The molecule has 0 unspecified atom stereocenters. The highest BCUT2D eigenvalue weighted by atomic mass is 32.1. The van der Waals surface area contributed by atoms with E-state index in [1.807, 2.05) is 13.8 Å². The number of imide groups is 1. The third-order valence-electron chi connectivity index (χ3n) is 3.96. The van der Waals surface area contributed by atoms with Gasteiger partial charge in [-0.05, 0) is 31.0 Å². The number of carbonyl (C=O) groups excluding carboxylic acids is 3. The van der Waals surface area contributed by atoms with Crippen molar-refractivity contribution in [3.8, 4) is 0 Å². The summed E-state index contributed by atoms with van der Waals surface area (Å²) in [6.07, 6.45) is 2.40. The second-order valence-corrected chi connectivity index (χ2v) is 6.75. The number of aromatic nitrogens is 2. The van der Waals surface area contributed by atoms with E-state index in [1.165, 1.54) is 28.4 Å². The Hall–Kier alpha value is -2.61. The highest BCUT2D eigenvalue weighted by Crippen LogP contribution is 2.25. The topological polar surface area (TPSA) is 92.3 Å². The minimum atomic E-state index is -0.381. The Morgan fingerprint density at radius 3 is 2.60 bits per heavy atom. The predicted octanol–water partition coefficient (Wildman–Crippen LogP) is 2.75. The first-order chi connectivity index (χ1) is 12.0. The van der Waals surface area contributed by atoms with Crippen molar-refractivity contribution in [1.82, 2.24) is 15.1 Å². The zero-order valence-electron chi connectivity index (χ0n) is 14.0. The van der Waals surface area contributed by atoms with E-state index in [1.54, 1.807) is 6.07 Å². The van der Waals surface area contributed by atoms with Crippen molar-refractivity contribution in [2.24, 2.45) is 0 Å². The summed E-state index contributed by atoms with van der Waals surface area (Å²) in [5.41, 5.74) is 0.938. The summed E-state index contributed by atoms with van der Waals surface area (Å²) in [5.74, 6) is -1.02. The largest absolute Gasteiger partial charge is 0.296 e. The summed E-state index contributed by atoms with van der Waals surface area (Å²) in [6, 6.07) is 4.55. The lowest BCUT2D eigenvalue weighted by atomic mass is 10.1. The number of nitrogens with one attached hydrogen (secondary N) is 1. The predicted molar refractivity (Wildman–Crippen MR) is 94.0 cm³/mol. The van der Waals surface area contributed by atoms with Gasteiger partial charge in [0.05, 0.1) is 11.1 Å². The van der Waals surface area contributed by atoms with Crippen LogP contribution in [-0.2, 0) is 6.42 Å². The second kappa shape index (κ2) is 7.10. The monoisotopic (exact) mass is 358 g/mol. The molecule has 8 heteroatoms. The number of hydrogen-bond donors (Lipinski definition) is 1. The van der Waals surface area contributed by atoms with Crippen molar-refractivity contribution < 1.29 is 14.4 Å². The Morgan fingerprint density at radius 1 is 1.16 bits per heavy atom. The molecule has 0 aliphatic carbocycles. The molecule has 1 aromatic heterocycles. The molecule has 25 heavy (non-hydrogen) atoms. The van der Waals surface area contributed by atoms with Gasteiger partial charge in [0.1, 0.15) is 5.01 Å². The van der Waals surface area contributed by atoms with Crippen LogP contribution < -0.4 is 5.32 Å². The van der Waals surface area contributed by atoms with Crippen molar-refractivity contribution in [2.45, 2.75) is 33.1 Å². The first kappa shape index (κ1) is 17.2. The van der Waals surface area contributed by atoms with Crippen LogP contribution in [0.15, 0.2) is 18.2 Å². The van der Waals surface area contributed by atoms with E-state index >= 15 is 0 Å². The summed E-state index contributed by atoms with van der Waals surface area (Å²) in [5, 5.41) is 11.8. The summed E-state index contributed by atoms with van der Waals surface area (Å²) < 4.78 is 0. The summed E-state index contributed by atoms with van der Waals surface area (Å²) >= 11 is 1.31. The van der Waals surface area contributed by atoms with Crippen LogP contribution in [0, 0.1) is 0 Å². The molecular formula is C17H18N4O3S. The van der Waals surface area contributed by atoms with Gasteiger partial charge in [-0.15, -0.1) is 10.2 Å². The molecule has 2 heterocycles. The van der Waals surface area contributed by atoms with E-state index in [-0.39, 0.29) is 23.3 Å². The Balaban J connectivity index is 1.80. The van der Waals surface area contributed by atoms with Crippen LogP contribution in [0.2, 0.25) is 0 Å². The molecule has 0 spiro atoms. The smallest absolute Gasteiger partial charge is 0.261 e. The molecule has 1 N–H and O–H groups in total. The number of aryl methyl sites for hydroxylation is 1. The van der Waals surface area contributed by atoms with Gasteiger partial charge in [0.25, 0.3) is 17.7 Å². The number of hydrogen-bond acceptors (Lipinski definition) is 6. The SMILES string of the molecule is CCCCN1C(=O)c2ccc(C(=O)Nc3nnc(CC)s3)cc2C1=O. The molecule has 0 bridgehead atoms. The van der Waals surface area contributed by atoms with Crippen molar-refractivity contribution in [1.29, 1.82) is 0 Å². The quantitative estimate of drug-likeness (QED) is 0.802. The number of anilines is 1.